The number of aryl methyl sites for hydroxylation is 1. The molecule has 4 N–H and O–H groups in total. The third kappa shape index (κ3) is 5.39. The van der Waals surface area contributed by atoms with Crippen molar-refractivity contribution in [3.8, 4) is 22.6 Å². The molecule has 0 fully saturated rings. The largest absolute Gasteiger partial charge is 0.497 e. The molecule has 0 bridgehead atoms. The lowest BCUT2D eigenvalue weighted by atomic mass is 9.81. The molecule has 0 aliphatic heterocycles. The van der Waals surface area contributed by atoms with Crippen LogP contribution in [0, 0.1) is 6.92 Å². The van der Waals surface area contributed by atoms with Crippen LogP contribution in [-0.2, 0) is 12.0 Å². The predicted octanol–water partition coefficient (Wildman–Crippen LogP) is 5.54. The number of hydrogen-bond donors (Lipinski definition) is 3. The Bertz CT molecular complexity index is 1090. The van der Waals surface area contributed by atoms with E-state index in [1.54, 1.807) is 7.11 Å². The minimum atomic E-state index is -0.476. The second-order valence-electron chi connectivity index (χ2n) is 8.67. The number of nitrogens with two attached hydrogens (primary N) is 1. The fraction of sp³-hybridized carbons (Fsp3) is 0.269. The van der Waals surface area contributed by atoms with Gasteiger partial charge in [-0.15, -0.1) is 0 Å². The lowest BCUT2D eigenvalue weighted by Crippen LogP contribution is -2.34. The number of benzene rings is 3. The van der Waals surface area contributed by atoms with Crippen LogP contribution in [0.15, 0.2) is 60.7 Å². The van der Waals surface area contributed by atoms with Crippen LogP contribution in [0.1, 0.15) is 37.5 Å². The highest BCUT2D eigenvalue weighted by molar-refractivity contribution is 5.89. The third-order valence-electron chi connectivity index (χ3n) is 5.37. The van der Waals surface area contributed by atoms with Crippen molar-refractivity contribution < 1.29 is 14.3 Å². The average molecular weight is 434 g/mol. The van der Waals surface area contributed by atoms with Crippen LogP contribution in [0.4, 0.5) is 10.5 Å². The molecule has 2 amide bonds. The minimum Gasteiger partial charge on any atom is -0.497 e. The van der Waals surface area contributed by atoms with Gasteiger partial charge in [0, 0.05) is 11.3 Å². The number of nitrogens with one attached hydrogen (secondary N) is 2. The van der Waals surface area contributed by atoms with Gasteiger partial charge in [0.2, 0.25) is 0 Å². The Balaban J connectivity index is 1.90. The number of hydrogen-bond acceptors (Lipinski definition) is 4. The van der Waals surface area contributed by atoms with Crippen molar-refractivity contribution >= 4 is 11.7 Å². The quantitative estimate of drug-likeness (QED) is 0.271. The van der Waals surface area contributed by atoms with E-state index in [-0.39, 0.29) is 5.41 Å². The maximum absolute atomic E-state index is 11.7. The molecule has 0 aliphatic rings. The van der Waals surface area contributed by atoms with Crippen molar-refractivity contribution in [1.82, 2.24) is 5.43 Å². The van der Waals surface area contributed by atoms with Gasteiger partial charge in [0.05, 0.1) is 7.11 Å². The van der Waals surface area contributed by atoms with Gasteiger partial charge in [0.15, 0.2) is 0 Å². The van der Waals surface area contributed by atoms with Gasteiger partial charge in [-0.1, -0.05) is 51.1 Å². The number of carbonyl (C=O) groups is 1. The van der Waals surface area contributed by atoms with E-state index in [4.69, 9.17) is 15.3 Å². The standard InChI is InChI=1S/C26H31N3O3/c1-17-7-6-8-24(28-25(30)29-27)22(17)16-32-20-13-14-21(23(15-20)26(2,3)4)18-9-11-19(31-5)12-10-18/h6-15H,16,27H2,1-5H3,(H2,28,29,30). The van der Waals surface area contributed by atoms with E-state index < -0.39 is 6.03 Å². The van der Waals surface area contributed by atoms with Crippen molar-refractivity contribution in [3.63, 3.8) is 0 Å². The molecule has 3 aromatic carbocycles. The van der Waals surface area contributed by atoms with Crippen LogP contribution in [0.2, 0.25) is 0 Å². The van der Waals surface area contributed by atoms with Gasteiger partial charge >= 0.3 is 6.03 Å². The SMILES string of the molecule is COc1ccc(-c2ccc(OCc3c(C)cccc3NC(=O)NN)cc2C(C)(C)C)cc1. The van der Waals surface area contributed by atoms with Crippen LogP contribution in [-0.4, -0.2) is 13.1 Å². The Kier molecular flexibility index (Phi) is 7.05. The van der Waals surface area contributed by atoms with E-state index in [0.717, 1.165) is 33.8 Å². The number of rotatable bonds is 6. The molecule has 0 saturated heterocycles. The van der Waals surface area contributed by atoms with Gasteiger partial charge < -0.3 is 14.8 Å². The van der Waals surface area contributed by atoms with Crippen molar-refractivity contribution in [3.05, 3.63) is 77.4 Å². The van der Waals surface area contributed by atoms with Gasteiger partial charge in [0.1, 0.15) is 18.1 Å². The molecule has 168 valence electrons. The highest BCUT2D eigenvalue weighted by Gasteiger charge is 2.20. The van der Waals surface area contributed by atoms with E-state index in [0.29, 0.717) is 12.3 Å². The summed E-state index contributed by atoms with van der Waals surface area (Å²) in [5.74, 6) is 6.81. The molecule has 3 aromatic rings. The topological polar surface area (TPSA) is 85.6 Å². The molecule has 0 unspecified atom stereocenters. The van der Waals surface area contributed by atoms with Crippen molar-refractivity contribution in [2.24, 2.45) is 5.84 Å². The first-order chi connectivity index (χ1) is 15.2. The Morgan fingerprint density at radius 1 is 1.00 bits per heavy atom. The fourth-order valence-corrected chi connectivity index (χ4v) is 3.58. The molecule has 0 spiro atoms. The molecule has 0 radical (unpaired) electrons. The maximum atomic E-state index is 11.7. The summed E-state index contributed by atoms with van der Waals surface area (Å²) in [5.41, 5.74) is 8.06. The molecular weight excluding hydrogens is 402 g/mol. The number of amides is 2. The molecule has 3 rings (SSSR count). The zero-order chi connectivity index (χ0) is 23.3. The van der Waals surface area contributed by atoms with Crippen molar-refractivity contribution in [1.29, 1.82) is 0 Å². The molecule has 0 aromatic heterocycles. The lowest BCUT2D eigenvalue weighted by Gasteiger charge is -2.24. The molecule has 0 atom stereocenters. The second kappa shape index (κ2) is 9.75. The summed E-state index contributed by atoms with van der Waals surface area (Å²) in [6.45, 7) is 8.87. The van der Waals surface area contributed by atoms with Crippen molar-refractivity contribution in [2.45, 2.75) is 39.7 Å². The molecule has 6 nitrogen and oxygen atoms in total. The monoisotopic (exact) mass is 433 g/mol. The number of hydrazine groups is 1. The Morgan fingerprint density at radius 3 is 2.31 bits per heavy atom. The van der Waals surface area contributed by atoms with Crippen LogP contribution in [0.5, 0.6) is 11.5 Å². The summed E-state index contributed by atoms with van der Waals surface area (Å²) in [5, 5.41) is 2.75. The number of anilines is 1. The fourth-order valence-electron chi connectivity index (χ4n) is 3.58. The van der Waals surface area contributed by atoms with Crippen LogP contribution in [0.25, 0.3) is 11.1 Å². The zero-order valence-corrected chi connectivity index (χ0v) is 19.3. The molecule has 0 heterocycles. The first kappa shape index (κ1) is 23.2. The normalized spacial score (nSPS) is 11.1. The highest BCUT2D eigenvalue weighted by Crippen LogP contribution is 2.36. The average Bonchev–Trinajstić information content (AvgIpc) is 2.78. The molecule has 0 aliphatic carbocycles. The van der Waals surface area contributed by atoms with Gasteiger partial charge in [-0.3, -0.25) is 5.43 Å². The van der Waals surface area contributed by atoms with E-state index >= 15 is 0 Å². The molecule has 32 heavy (non-hydrogen) atoms. The summed E-state index contributed by atoms with van der Waals surface area (Å²) < 4.78 is 11.5. The predicted molar refractivity (Wildman–Crippen MR) is 129 cm³/mol. The summed E-state index contributed by atoms with van der Waals surface area (Å²) in [6.07, 6.45) is 0. The Hall–Kier alpha value is -3.51. The molecule has 0 saturated carbocycles. The third-order valence-corrected chi connectivity index (χ3v) is 5.37. The van der Waals surface area contributed by atoms with Crippen LogP contribution < -0.4 is 26.1 Å². The van der Waals surface area contributed by atoms with Crippen LogP contribution in [0.3, 0.4) is 0 Å². The number of carbonyl (C=O) groups excluding carboxylic acids is 1. The summed E-state index contributed by atoms with van der Waals surface area (Å²) >= 11 is 0. The van der Waals surface area contributed by atoms with E-state index in [2.05, 4.69) is 55.8 Å². The Morgan fingerprint density at radius 2 is 1.69 bits per heavy atom. The van der Waals surface area contributed by atoms with Gasteiger partial charge in [-0.25, -0.2) is 10.6 Å². The lowest BCUT2D eigenvalue weighted by molar-refractivity contribution is 0.252. The summed E-state index contributed by atoms with van der Waals surface area (Å²) in [6, 6.07) is 19.5. The van der Waals surface area contributed by atoms with Gasteiger partial charge in [-0.2, -0.15) is 0 Å². The van der Waals surface area contributed by atoms with Gasteiger partial charge in [0.25, 0.3) is 0 Å². The summed E-state index contributed by atoms with van der Waals surface area (Å²) in [7, 11) is 1.67. The highest BCUT2D eigenvalue weighted by atomic mass is 16.5. The second-order valence-corrected chi connectivity index (χ2v) is 8.67. The number of urea groups is 1. The first-order valence-electron chi connectivity index (χ1n) is 10.5. The van der Waals surface area contributed by atoms with Gasteiger partial charge in [-0.05, 0) is 64.9 Å². The number of methoxy groups -OCH3 is 1. The Labute approximate surface area is 189 Å². The van der Waals surface area contributed by atoms with E-state index in [1.807, 2.05) is 43.3 Å². The summed E-state index contributed by atoms with van der Waals surface area (Å²) in [4.78, 5) is 11.7. The number of ether oxygens (including phenoxy) is 2. The molecular formula is C26H31N3O3. The van der Waals surface area contributed by atoms with E-state index in [1.165, 1.54) is 5.56 Å². The molecule has 6 heteroatoms. The van der Waals surface area contributed by atoms with E-state index in [9.17, 15) is 4.79 Å². The minimum absolute atomic E-state index is 0.0801. The zero-order valence-electron chi connectivity index (χ0n) is 19.3. The van der Waals surface area contributed by atoms with Crippen molar-refractivity contribution in [2.75, 3.05) is 12.4 Å². The first-order valence-corrected chi connectivity index (χ1v) is 10.5. The smallest absolute Gasteiger partial charge is 0.333 e. The van der Waals surface area contributed by atoms with Crippen LogP contribution >= 0.6 is 0 Å². The maximum Gasteiger partial charge on any atom is 0.333 e.